The molecule has 0 aliphatic heterocycles. The summed E-state index contributed by atoms with van der Waals surface area (Å²) in [5, 5.41) is 19.7. The van der Waals surface area contributed by atoms with E-state index in [1.807, 2.05) is 0 Å². The first-order valence-electron chi connectivity index (χ1n) is 4.84. The second-order valence-corrected chi connectivity index (χ2v) is 5.29. The Kier molecular flexibility index (Phi) is 4.07. The number of hydrogen-bond acceptors (Lipinski definition) is 3. The zero-order valence-electron chi connectivity index (χ0n) is 9.17. The van der Waals surface area contributed by atoms with Crippen LogP contribution >= 0.6 is 23.2 Å². The van der Waals surface area contributed by atoms with Crippen LogP contribution in [-0.2, 0) is 0 Å². The highest BCUT2D eigenvalue weighted by Gasteiger charge is 2.30. The van der Waals surface area contributed by atoms with Gasteiger partial charge in [-0.2, -0.15) is 0 Å². The van der Waals surface area contributed by atoms with Crippen molar-refractivity contribution in [1.82, 2.24) is 0 Å². The summed E-state index contributed by atoms with van der Waals surface area (Å²) in [4.78, 5) is 0. The van der Waals surface area contributed by atoms with E-state index < -0.39 is 11.5 Å². The van der Waals surface area contributed by atoms with Crippen LogP contribution in [-0.4, -0.2) is 16.8 Å². The number of rotatable bonds is 3. The van der Waals surface area contributed by atoms with E-state index in [0.717, 1.165) is 0 Å². The van der Waals surface area contributed by atoms with Gasteiger partial charge < -0.3 is 15.9 Å². The monoisotopic (exact) mass is 263 g/mol. The summed E-state index contributed by atoms with van der Waals surface area (Å²) in [6.45, 7) is 3.48. The lowest BCUT2D eigenvalue weighted by atomic mass is 9.81. The Morgan fingerprint density at radius 1 is 1.38 bits per heavy atom. The Hall–Kier alpha value is -0.480. The first-order valence-corrected chi connectivity index (χ1v) is 5.59. The second-order valence-electron chi connectivity index (χ2n) is 4.44. The van der Waals surface area contributed by atoms with Crippen LogP contribution in [0.25, 0.3) is 0 Å². The average molecular weight is 264 g/mol. The quantitative estimate of drug-likeness (QED) is 0.786. The summed E-state index contributed by atoms with van der Waals surface area (Å²) < 4.78 is 0. The van der Waals surface area contributed by atoms with Crippen LogP contribution in [0.1, 0.15) is 25.5 Å². The number of aromatic hydroxyl groups is 1. The molecule has 0 saturated carbocycles. The molecule has 0 heterocycles. The molecule has 4 N–H and O–H groups in total. The largest absolute Gasteiger partial charge is 0.508 e. The summed E-state index contributed by atoms with van der Waals surface area (Å²) >= 11 is 11.7. The maximum atomic E-state index is 9.77. The minimum Gasteiger partial charge on any atom is -0.508 e. The summed E-state index contributed by atoms with van der Waals surface area (Å²) in [6, 6.07) is 2.34. The van der Waals surface area contributed by atoms with Crippen LogP contribution in [0.5, 0.6) is 5.75 Å². The van der Waals surface area contributed by atoms with Crippen molar-refractivity contribution in [3.63, 3.8) is 0 Å². The number of benzene rings is 1. The molecule has 90 valence electrons. The second kappa shape index (κ2) is 4.80. The van der Waals surface area contributed by atoms with Gasteiger partial charge in [0, 0.05) is 28.6 Å². The van der Waals surface area contributed by atoms with E-state index in [-0.39, 0.29) is 12.4 Å². The van der Waals surface area contributed by atoms with Gasteiger partial charge in [-0.25, -0.2) is 0 Å². The predicted octanol–water partition coefficient (Wildman–Crippen LogP) is 2.72. The molecule has 0 aromatic heterocycles. The molecule has 0 amide bonds. The maximum Gasteiger partial charge on any atom is 0.123 e. The Bertz CT molecular complexity index is 371. The number of aliphatic hydroxyl groups excluding tert-OH is 1. The number of phenolic OH excluding ortho intramolecular Hbond substituents is 1. The van der Waals surface area contributed by atoms with Gasteiger partial charge in [-0.1, -0.05) is 37.0 Å². The van der Waals surface area contributed by atoms with Gasteiger partial charge >= 0.3 is 0 Å². The van der Waals surface area contributed by atoms with Crippen molar-refractivity contribution in [2.24, 2.45) is 11.1 Å². The van der Waals surface area contributed by atoms with Crippen molar-refractivity contribution in [2.75, 3.05) is 6.61 Å². The van der Waals surface area contributed by atoms with Gasteiger partial charge in [-0.3, -0.25) is 0 Å². The molecular formula is C11H15Cl2NO2. The predicted molar refractivity (Wildman–Crippen MR) is 65.9 cm³/mol. The Labute approximate surface area is 105 Å². The van der Waals surface area contributed by atoms with Crippen molar-refractivity contribution in [1.29, 1.82) is 0 Å². The highest BCUT2D eigenvalue weighted by molar-refractivity contribution is 6.35. The molecule has 1 aromatic carbocycles. The van der Waals surface area contributed by atoms with Crippen LogP contribution in [0.15, 0.2) is 12.1 Å². The number of halogens is 2. The molecule has 1 rings (SSSR count). The first kappa shape index (κ1) is 13.6. The Morgan fingerprint density at radius 2 is 1.94 bits per heavy atom. The summed E-state index contributed by atoms with van der Waals surface area (Å²) in [6.07, 6.45) is 0. The van der Waals surface area contributed by atoms with Crippen LogP contribution in [0.4, 0.5) is 0 Å². The van der Waals surface area contributed by atoms with E-state index >= 15 is 0 Å². The van der Waals surface area contributed by atoms with Crippen molar-refractivity contribution in [2.45, 2.75) is 19.9 Å². The molecule has 0 unspecified atom stereocenters. The van der Waals surface area contributed by atoms with E-state index in [0.29, 0.717) is 15.6 Å². The van der Waals surface area contributed by atoms with Gasteiger partial charge in [0.25, 0.3) is 0 Å². The first-order chi connectivity index (χ1) is 7.29. The fourth-order valence-corrected chi connectivity index (χ4v) is 1.97. The Balaban J connectivity index is 3.24. The van der Waals surface area contributed by atoms with Gasteiger partial charge in [0.2, 0.25) is 0 Å². The number of aliphatic hydroxyl groups is 1. The highest BCUT2D eigenvalue weighted by Crippen LogP contribution is 2.40. The molecule has 0 saturated heterocycles. The normalized spacial score (nSPS) is 13.9. The third-order valence-electron chi connectivity index (χ3n) is 2.63. The van der Waals surface area contributed by atoms with E-state index in [9.17, 15) is 10.2 Å². The molecule has 0 bridgehead atoms. The van der Waals surface area contributed by atoms with Crippen molar-refractivity contribution in [3.05, 3.63) is 27.7 Å². The molecule has 0 radical (unpaired) electrons. The fraction of sp³-hybridized carbons (Fsp3) is 0.455. The van der Waals surface area contributed by atoms with Crippen molar-refractivity contribution in [3.8, 4) is 5.75 Å². The van der Waals surface area contributed by atoms with Crippen molar-refractivity contribution < 1.29 is 10.2 Å². The van der Waals surface area contributed by atoms with Gasteiger partial charge in [0.1, 0.15) is 5.75 Å². The molecule has 0 aliphatic carbocycles. The SMILES string of the molecule is CC(C)(CO)[C@H](N)c1c(O)cc(Cl)cc1Cl. The fourth-order valence-electron chi connectivity index (χ4n) is 1.37. The molecule has 3 nitrogen and oxygen atoms in total. The molecule has 16 heavy (non-hydrogen) atoms. The van der Waals surface area contributed by atoms with Crippen LogP contribution in [0.3, 0.4) is 0 Å². The van der Waals surface area contributed by atoms with Crippen LogP contribution < -0.4 is 5.73 Å². The zero-order chi connectivity index (χ0) is 12.5. The number of phenols is 1. The molecule has 0 spiro atoms. The third kappa shape index (κ3) is 2.61. The number of hydrogen-bond donors (Lipinski definition) is 3. The van der Waals surface area contributed by atoms with Gasteiger partial charge in [0.15, 0.2) is 0 Å². The topological polar surface area (TPSA) is 66.5 Å². The third-order valence-corrected chi connectivity index (χ3v) is 3.16. The zero-order valence-corrected chi connectivity index (χ0v) is 10.7. The molecule has 0 fully saturated rings. The lowest BCUT2D eigenvalue weighted by Gasteiger charge is -2.30. The van der Waals surface area contributed by atoms with Gasteiger partial charge in [-0.15, -0.1) is 0 Å². The van der Waals surface area contributed by atoms with Crippen LogP contribution in [0.2, 0.25) is 10.0 Å². The van der Waals surface area contributed by atoms with Crippen LogP contribution in [0, 0.1) is 5.41 Å². The molecule has 5 heteroatoms. The minimum atomic E-state index is -0.574. The summed E-state index contributed by atoms with van der Waals surface area (Å²) in [5.41, 5.74) is 5.82. The lowest BCUT2D eigenvalue weighted by Crippen LogP contribution is -2.32. The average Bonchev–Trinajstić information content (AvgIpc) is 2.15. The maximum absolute atomic E-state index is 9.77. The van der Waals surface area contributed by atoms with Gasteiger partial charge in [-0.05, 0) is 12.1 Å². The smallest absolute Gasteiger partial charge is 0.123 e. The van der Waals surface area contributed by atoms with E-state index in [2.05, 4.69) is 0 Å². The molecule has 1 atom stereocenters. The molecule has 0 aliphatic rings. The van der Waals surface area contributed by atoms with Crippen molar-refractivity contribution >= 4 is 23.2 Å². The Morgan fingerprint density at radius 3 is 2.38 bits per heavy atom. The lowest BCUT2D eigenvalue weighted by molar-refractivity contribution is 0.131. The van der Waals surface area contributed by atoms with Gasteiger partial charge in [0.05, 0.1) is 5.02 Å². The summed E-state index contributed by atoms with van der Waals surface area (Å²) in [7, 11) is 0. The van der Waals surface area contributed by atoms with E-state index in [1.165, 1.54) is 12.1 Å². The standard InChI is InChI=1S/C11H15Cl2NO2/c1-11(2,5-15)10(14)9-7(13)3-6(12)4-8(9)16/h3-4,10,15-16H,5,14H2,1-2H3/t10-/m1/s1. The molecular weight excluding hydrogens is 249 g/mol. The minimum absolute atomic E-state index is 0.0495. The number of nitrogens with two attached hydrogens (primary N) is 1. The van der Waals surface area contributed by atoms with E-state index in [1.54, 1.807) is 13.8 Å². The van der Waals surface area contributed by atoms with E-state index in [4.69, 9.17) is 28.9 Å². The summed E-state index contributed by atoms with van der Waals surface area (Å²) in [5.74, 6) is -0.0495. The highest BCUT2D eigenvalue weighted by atomic mass is 35.5. The molecule has 1 aromatic rings.